The van der Waals surface area contributed by atoms with Crippen molar-refractivity contribution in [3.8, 4) is 0 Å². The topological polar surface area (TPSA) is 39.4 Å². The van der Waals surface area contributed by atoms with Crippen LogP contribution in [0.2, 0.25) is 0 Å². The molecule has 1 heterocycles. The molecule has 3 nitrogen and oxygen atoms in total. The van der Waals surface area contributed by atoms with Gasteiger partial charge in [-0.3, -0.25) is 0 Å². The molecule has 0 saturated carbocycles. The van der Waals surface area contributed by atoms with Crippen LogP contribution >= 0.6 is 0 Å². The summed E-state index contributed by atoms with van der Waals surface area (Å²) in [5.74, 6) is -0.890. The third-order valence-electron chi connectivity index (χ3n) is 1.94. The van der Waals surface area contributed by atoms with Gasteiger partial charge in [-0.05, 0) is 12.1 Å². The zero-order chi connectivity index (χ0) is 10.1. The lowest BCUT2D eigenvalue weighted by Gasteiger charge is -1.94. The minimum atomic E-state index is -0.490. The highest BCUT2D eigenvalue weighted by Gasteiger charge is 2.13. The van der Waals surface area contributed by atoms with Gasteiger partial charge >= 0.3 is 5.97 Å². The average molecular weight is 194 g/mol. The Morgan fingerprint density at radius 3 is 3.00 bits per heavy atom. The maximum Gasteiger partial charge on any atom is 0.341 e. The van der Waals surface area contributed by atoms with Gasteiger partial charge in [0.05, 0.1) is 7.11 Å². The van der Waals surface area contributed by atoms with E-state index in [2.05, 4.69) is 4.74 Å². The standard InChI is InChI=1S/C10H7FO3/c1-13-10(12)8-5-14-9-4-6(11)2-3-7(8)9/h2-5H,1H3. The van der Waals surface area contributed by atoms with Crippen molar-refractivity contribution in [3.05, 3.63) is 35.8 Å². The van der Waals surface area contributed by atoms with Gasteiger partial charge in [0.1, 0.15) is 23.2 Å². The van der Waals surface area contributed by atoms with Crippen molar-refractivity contribution in [3.63, 3.8) is 0 Å². The van der Waals surface area contributed by atoms with Crippen LogP contribution in [0.4, 0.5) is 4.39 Å². The Morgan fingerprint density at radius 1 is 1.50 bits per heavy atom. The van der Waals surface area contributed by atoms with Crippen LogP contribution in [0.25, 0.3) is 11.0 Å². The molecule has 0 N–H and O–H groups in total. The summed E-state index contributed by atoms with van der Waals surface area (Å²) in [6.07, 6.45) is 1.26. The molecule has 0 fully saturated rings. The second-order valence-electron chi connectivity index (χ2n) is 2.78. The molecule has 1 aromatic heterocycles. The zero-order valence-electron chi connectivity index (χ0n) is 7.41. The van der Waals surface area contributed by atoms with Gasteiger partial charge < -0.3 is 9.15 Å². The maximum absolute atomic E-state index is 12.8. The fourth-order valence-corrected chi connectivity index (χ4v) is 1.27. The molecule has 0 aliphatic rings. The minimum Gasteiger partial charge on any atom is -0.465 e. The number of halogens is 1. The van der Waals surface area contributed by atoms with Gasteiger partial charge in [-0.25, -0.2) is 9.18 Å². The monoisotopic (exact) mass is 194 g/mol. The summed E-state index contributed by atoms with van der Waals surface area (Å²) in [7, 11) is 1.28. The quantitative estimate of drug-likeness (QED) is 0.654. The molecule has 0 amide bonds. The number of carbonyl (C=O) groups is 1. The highest BCUT2D eigenvalue weighted by atomic mass is 19.1. The summed E-state index contributed by atoms with van der Waals surface area (Å²) in [5, 5.41) is 0.554. The average Bonchev–Trinajstić information content (AvgIpc) is 2.59. The van der Waals surface area contributed by atoms with Crippen molar-refractivity contribution in [1.82, 2.24) is 0 Å². The van der Waals surface area contributed by atoms with Gasteiger partial charge in [0, 0.05) is 11.5 Å². The van der Waals surface area contributed by atoms with Gasteiger partial charge in [0.2, 0.25) is 0 Å². The first-order valence-electron chi connectivity index (χ1n) is 3.97. The molecule has 2 rings (SSSR count). The SMILES string of the molecule is COC(=O)c1coc2cc(F)ccc12. The van der Waals surface area contributed by atoms with E-state index in [0.717, 1.165) is 0 Å². The molecule has 0 aliphatic heterocycles. The fraction of sp³-hybridized carbons (Fsp3) is 0.100. The first-order valence-corrected chi connectivity index (χ1v) is 3.97. The second kappa shape index (κ2) is 3.14. The van der Waals surface area contributed by atoms with E-state index in [4.69, 9.17) is 4.42 Å². The number of ether oxygens (including phenoxy) is 1. The summed E-state index contributed by atoms with van der Waals surface area (Å²) >= 11 is 0. The van der Waals surface area contributed by atoms with E-state index in [1.807, 2.05) is 0 Å². The number of hydrogen-bond donors (Lipinski definition) is 0. The van der Waals surface area contributed by atoms with Gasteiger partial charge in [-0.1, -0.05) is 0 Å². The van der Waals surface area contributed by atoms with Crippen molar-refractivity contribution in [1.29, 1.82) is 0 Å². The molecular formula is C10H7FO3. The number of fused-ring (bicyclic) bond motifs is 1. The predicted molar refractivity (Wildman–Crippen MR) is 47.5 cm³/mol. The Morgan fingerprint density at radius 2 is 2.29 bits per heavy atom. The summed E-state index contributed by atoms with van der Waals surface area (Å²) in [5.41, 5.74) is 0.646. The highest BCUT2D eigenvalue weighted by Crippen LogP contribution is 2.22. The predicted octanol–water partition coefficient (Wildman–Crippen LogP) is 2.36. The Labute approximate surface area is 79.1 Å². The van der Waals surface area contributed by atoms with E-state index in [9.17, 15) is 9.18 Å². The normalized spacial score (nSPS) is 10.4. The number of furan rings is 1. The summed E-state index contributed by atoms with van der Waals surface area (Å²) < 4.78 is 22.3. The van der Waals surface area contributed by atoms with Crippen molar-refractivity contribution in [2.24, 2.45) is 0 Å². The molecule has 0 unspecified atom stereocenters. The molecule has 1 aromatic carbocycles. The number of methoxy groups -OCH3 is 1. The highest BCUT2D eigenvalue weighted by molar-refractivity contribution is 6.02. The van der Waals surface area contributed by atoms with Crippen LogP contribution in [0.3, 0.4) is 0 Å². The van der Waals surface area contributed by atoms with E-state index in [0.29, 0.717) is 16.5 Å². The molecule has 0 bridgehead atoms. The van der Waals surface area contributed by atoms with Crippen molar-refractivity contribution < 1.29 is 18.3 Å². The van der Waals surface area contributed by atoms with Crippen molar-refractivity contribution in [2.75, 3.05) is 7.11 Å². The number of carbonyl (C=O) groups excluding carboxylic acids is 1. The second-order valence-corrected chi connectivity index (χ2v) is 2.78. The first-order chi connectivity index (χ1) is 6.72. The number of benzene rings is 1. The molecule has 4 heteroatoms. The van der Waals surface area contributed by atoms with Crippen LogP contribution in [-0.4, -0.2) is 13.1 Å². The molecule has 0 atom stereocenters. The van der Waals surface area contributed by atoms with Gasteiger partial charge in [0.25, 0.3) is 0 Å². The van der Waals surface area contributed by atoms with E-state index >= 15 is 0 Å². The van der Waals surface area contributed by atoms with Crippen LogP contribution in [0.1, 0.15) is 10.4 Å². The summed E-state index contributed by atoms with van der Waals surface area (Å²) in [4.78, 5) is 11.2. The molecule has 2 aromatic rings. The Balaban J connectivity index is 2.64. The van der Waals surface area contributed by atoms with Crippen molar-refractivity contribution in [2.45, 2.75) is 0 Å². The van der Waals surface area contributed by atoms with E-state index in [1.165, 1.54) is 31.6 Å². The van der Waals surface area contributed by atoms with Gasteiger partial charge in [-0.15, -0.1) is 0 Å². The van der Waals surface area contributed by atoms with Crippen LogP contribution in [0, 0.1) is 5.82 Å². The molecule has 0 radical (unpaired) electrons. The summed E-state index contributed by atoms with van der Waals surface area (Å²) in [6, 6.07) is 3.98. The van der Waals surface area contributed by atoms with Crippen LogP contribution < -0.4 is 0 Å². The van der Waals surface area contributed by atoms with E-state index in [1.54, 1.807) is 0 Å². The van der Waals surface area contributed by atoms with Crippen molar-refractivity contribution >= 4 is 16.9 Å². The van der Waals surface area contributed by atoms with Crippen LogP contribution in [-0.2, 0) is 4.74 Å². The number of rotatable bonds is 1. The molecule has 0 spiro atoms. The molecule has 0 aliphatic carbocycles. The third kappa shape index (κ3) is 1.25. The first kappa shape index (κ1) is 8.74. The lowest BCUT2D eigenvalue weighted by atomic mass is 10.2. The molecule has 0 saturated heterocycles. The van der Waals surface area contributed by atoms with E-state index in [-0.39, 0.29) is 0 Å². The third-order valence-corrected chi connectivity index (χ3v) is 1.94. The largest absolute Gasteiger partial charge is 0.465 e. The maximum atomic E-state index is 12.8. The Bertz CT molecular complexity index is 487. The smallest absolute Gasteiger partial charge is 0.341 e. The lowest BCUT2D eigenvalue weighted by molar-refractivity contribution is 0.0602. The minimum absolute atomic E-state index is 0.308. The van der Waals surface area contributed by atoms with E-state index < -0.39 is 11.8 Å². The number of esters is 1. The number of hydrogen-bond acceptors (Lipinski definition) is 3. The zero-order valence-corrected chi connectivity index (χ0v) is 7.41. The Kier molecular flexibility index (Phi) is 1.96. The molecule has 72 valence electrons. The van der Waals surface area contributed by atoms with Gasteiger partial charge in [-0.2, -0.15) is 0 Å². The lowest BCUT2D eigenvalue weighted by Crippen LogP contribution is -1.99. The molecular weight excluding hydrogens is 187 g/mol. The fourth-order valence-electron chi connectivity index (χ4n) is 1.27. The van der Waals surface area contributed by atoms with Crippen LogP contribution in [0.5, 0.6) is 0 Å². The van der Waals surface area contributed by atoms with Crippen LogP contribution in [0.15, 0.2) is 28.9 Å². The molecule has 14 heavy (non-hydrogen) atoms. The Hall–Kier alpha value is -1.84. The van der Waals surface area contributed by atoms with Gasteiger partial charge in [0.15, 0.2) is 0 Å². The summed E-state index contributed by atoms with van der Waals surface area (Å²) in [6.45, 7) is 0.